The van der Waals surface area contributed by atoms with E-state index in [1.165, 1.54) is 0 Å². The van der Waals surface area contributed by atoms with Crippen LogP contribution in [0.1, 0.15) is 18.4 Å². The minimum atomic E-state index is -4.59. The number of alkyl halides is 3. The molecule has 0 bridgehead atoms. The number of sulfonamides is 1. The Bertz CT molecular complexity index is 634. The standard InChI is InChI=1S/C12H14BrF3N2O2S/c13-10-4-3-8(12(14,15)16)6-11(10)21(19,20)18-5-1-2-9(17)7-18/h3-4,6,9H,1-2,5,7,17H2. The molecule has 1 aromatic carbocycles. The van der Waals surface area contributed by atoms with Gasteiger partial charge in [0.2, 0.25) is 10.0 Å². The lowest BCUT2D eigenvalue weighted by molar-refractivity contribution is -0.137. The van der Waals surface area contributed by atoms with Crippen molar-refractivity contribution in [1.82, 2.24) is 4.31 Å². The summed E-state index contributed by atoms with van der Waals surface area (Å²) in [4.78, 5) is -0.383. The highest BCUT2D eigenvalue weighted by molar-refractivity contribution is 9.10. The van der Waals surface area contributed by atoms with Crippen LogP contribution in [-0.4, -0.2) is 31.9 Å². The maximum Gasteiger partial charge on any atom is 0.416 e. The first-order valence-corrected chi connectivity index (χ1v) is 8.48. The van der Waals surface area contributed by atoms with E-state index in [9.17, 15) is 21.6 Å². The molecule has 9 heteroatoms. The summed E-state index contributed by atoms with van der Waals surface area (Å²) in [5.74, 6) is 0. The minimum absolute atomic E-state index is 0.106. The van der Waals surface area contributed by atoms with Gasteiger partial charge in [-0.15, -0.1) is 0 Å². The number of hydrogen-bond donors (Lipinski definition) is 1. The Hall–Kier alpha value is -0.640. The number of rotatable bonds is 2. The maximum absolute atomic E-state index is 12.7. The highest BCUT2D eigenvalue weighted by Crippen LogP contribution is 2.34. The predicted octanol–water partition coefficient (Wildman–Crippen LogP) is 2.58. The third kappa shape index (κ3) is 3.58. The van der Waals surface area contributed by atoms with Gasteiger partial charge in [-0.1, -0.05) is 0 Å². The molecule has 0 aliphatic carbocycles. The molecule has 1 fully saturated rings. The van der Waals surface area contributed by atoms with Crippen molar-refractivity contribution in [3.8, 4) is 0 Å². The average Bonchev–Trinajstić information content (AvgIpc) is 2.37. The summed E-state index contributed by atoms with van der Waals surface area (Å²) < 4.78 is 64.5. The molecule has 4 nitrogen and oxygen atoms in total. The molecule has 2 rings (SSSR count). The molecule has 1 saturated heterocycles. The highest BCUT2D eigenvalue weighted by Gasteiger charge is 2.35. The SMILES string of the molecule is NC1CCCN(S(=O)(=O)c2cc(C(F)(F)F)ccc2Br)C1. The van der Waals surface area contributed by atoms with Gasteiger partial charge in [0.15, 0.2) is 0 Å². The van der Waals surface area contributed by atoms with Crippen LogP contribution >= 0.6 is 15.9 Å². The van der Waals surface area contributed by atoms with Gasteiger partial charge in [-0.2, -0.15) is 17.5 Å². The molecule has 1 heterocycles. The smallest absolute Gasteiger partial charge is 0.327 e. The fraction of sp³-hybridized carbons (Fsp3) is 0.500. The quantitative estimate of drug-likeness (QED) is 0.849. The Balaban J connectivity index is 2.44. The first-order chi connectivity index (χ1) is 9.62. The third-order valence-electron chi connectivity index (χ3n) is 3.30. The molecule has 1 atom stereocenters. The van der Waals surface area contributed by atoms with Gasteiger partial charge < -0.3 is 5.73 Å². The van der Waals surface area contributed by atoms with Crippen LogP contribution in [0.4, 0.5) is 13.2 Å². The van der Waals surface area contributed by atoms with Crippen molar-refractivity contribution >= 4 is 26.0 Å². The summed E-state index contributed by atoms with van der Waals surface area (Å²) in [6.07, 6.45) is -3.30. The van der Waals surface area contributed by atoms with Crippen molar-refractivity contribution in [3.05, 3.63) is 28.2 Å². The van der Waals surface area contributed by atoms with Crippen LogP contribution in [0.5, 0.6) is 0 Å². The summed E-state index contributed by atoms with van der Waals surface area (Å²) in [5, 5.41) is 0. The Morgan fingerprint density at radius 2 is 2.00 bits per heavy atom. The van der Waals surface area contributed by atoms with Crippen molar-refractivity contribution in [2.45, 2.75) is 30.0 Å². The van der Waals surface area contributed by atoms with Crippen LogP contribution < -0.4 is 5.73 Å². The van der Waals surface area contributed by atoms with E-state index in [-0.39, 0.29) is 28.5 Å². The minimum Gasteiger partial charge on any atom is -0.327 e. The van der Waals surface area contributed by atoms with Crippen molar-refractivity contribution < 1.29 is 21.6 Å². The van der Waals surface area contributed by atoms with Crippen LogP contribution in [0.15, 0.2) is 27.6 Å². The zero-order valence-electron chi connectivity index (χ0n) is 10.9. The first kappa shape index (κ1) is 16.7. The second-order valence-corrected chi connectivity index (χ2v) is 7.67. The van der Waals surface area contributed by atoms with E-state index >= 15 is 0 Å². The normalized spacial score (nSPS) is 21.5. The lowest BCUT2D eigenvalue weighted by Gasteiger charge is -2.30. The number of halogens is 4. The van der Waals surface area contributed by atoms with Crippen LogP contribution in [-0.2, 0) is 16.2 Å². The largest absolute Gasteiger partial charge is 0.416 e. The monoisotopic (exact) mass is 386 g/mol. The molecule has 1 aromatic rings. The molecule has 1 unspecified atom stereocenters. The fourth-order valence-corrected chi connectivity index (χ4v) is 4.69. The second kappa shape index (κ2) is 5.86. The van der Waals surface area contributed by atoms with Crippen LogP contribution in [0, 0.1) is 0 Å². The van der Waals surface area contributed by atoms with E-state index in [0.29, 0.717) is 18.9 Å². The number of hydrogen-bond acceptors (Lipinski definition) is 3. The van der Waals surface area contributed by atoms with Gasteiger partial charge in [0, 0.05) is 23.6 Å². The zero-order chi connectivity index (χ0) is 15.8. The summed E-state index contributed by atoms with van der Waals surface area (Å²) in [7, 11) is -4.00. The highest BCUT2D eigenvalue weighted by atomic mass is 79.9. The summed E-state index contributed by atoms with van der Waals surface area (Å²) in [5.41, 5.74) is 4.74. The van der Waals surface area contributed by atoms with Crippen molar-refractivity contribution in [3.63, 3.8) is 0 Å². The van der Waals surface area contributed by atoms with E-state index < -0.39 is 21.8 Å². The van der Waals surface area contributed by atoms with E-state index in [1.807, 2.05) is 0 Å². The first-order valence-electron chi connectivity index (χ1n) is 6.25. The predicted molar refractivity (Wildman–Crippen MR) is 75.1 cm³/mol. The Morgan fingerprint density at radius 3 is 2.57 bits per heavy atom. The summed E-state index contributed by atoms with van der Waals surface area (Å²) in [6, 6.07) is 2.29. The van der Waals surface area contributed by atoms with E-state index in [2.05, 4.69) is 15.9 Å². The Morgan fingerprint density at radius 1 is 1.33 bits per heavy atom. The van der Waals surface area contributed by atoms with Gasteiger partial charge in [0.25, 0.3) is 0 Å². The number of nitrogens with two attached hydrogens (primary N) is 1. The molecule has 0 radical (unpaired) electrons. The van der Waals surface area contributed by atoms with Crippen LogP contribution in [0.2, 0.25) is 0 Å². The molecule has 21 heavy (non-hydrogen) atoms. The molecule has 118 valence electrons. The fourth-order valence-electron chi connectivity index (χ4n) is 2.21. The Labute approximate surface area is 129 Å². The molecule has 0 saturated carbocycles. The second-order valence-electron chi connectivity index (χ2n) is 4.91. The Kier molecular flexibility index (Phi) is 4.67. The molecule has 1 aliphatic rings. The van der Waals surface area contributed by atoms with Gasteiger partial charge in [0.1, 0.15) is 0 Å². The van der Waals surface area contributed by atoms with Gasteiger partial charge in [0.05, 0.1) is 10.5 Å². The van der Waals surface area contributed by atoms with E-state index in [1.54, 1.807) is 0 Å². The molecule has 2 N–H and O–H groups in total. The molecule has 0 spiro atoms. The van der Waals surface area contributed by atoms with E-state index in [4.69, 9.17) is 5.73 Å². The van der Waals surface area contributed by atoms with Crippen molar-refractivity contribution in [2.24, 2.45) is 5.73 Å². The molecular weight excluding hydrogens is 373 g/mol. The number of nitrogens with zero attached hydrogens (tertiary/aromatic N) is 1. The van der Waals surface area contributed by atoms with Crippen molar-refractivity contribution in [2.75, 3.05) is 13.1 Å². The van der Waals surface area contributed by atoms with Gasteiger partial charge in [-0.05, 0) is 47.0 Å². The third-order valence-corrected chi connectivity index (χ3v) is 6.16. The van der Waals surface area contributed by atoms with Gasteiger partial charge in [-0.3, -0.25) is 0 Å². The van der Waals surface area contributed by atoms with Crippen molar-refractivity contribution in [1.29, 1.82) is 0 Å². The summed E-state index contributed by atoms with van der Waals surface area (Å²) >= 11 is 3.01. The number of benzene rings is 1. The number of piperidine rings is 1. The maximum atomic E-state index is 12.7. The molecular formula is C12H14BrF3N2O2S. The molecule has 0 aromatic heterocycles. The topological polar surface area (TPSA) is 63.4 Å². The van der Waals surface area contributed by atoms with Gasteiger partial charge >= 0.3 is 6.18 Å². The van der Waals surface area contributed by atoms with Crippen LogP contribution in [0.3, 0.4) is 0 Å². The lowest BCUT2D eigenvalue weighted by atomic mass is 10.1. The zero-order valence-corrected chi connectivity index (χ0v) is 13.3. The molecule has 0 amide bonds. The van der Waals surface area contributed by atoms with Crippen LogP contribution in [0.25, 0.3) is 0 Å². The average molecular weight is 387 g/mol. The van der Waals surface area contributed by atoms with E-state index in [0.717, 1.165) is 16.4 Å². The van der Waals surface area contributed by atoms with Gasteiger partial charge in [-0.25, -0.2) is 8.42 Å². The lowest BCUT2D eigenvalue weighted by Crippen LogP contribution is -2.45. The summed E-state index contributed by atoms with van der Waals surface area (Å²) in [6.45, 7) is 0.379. The molecule has 1 aliphatic heterocycles.